The summed E-state index contributed by atoms with van der Waals surface area (Å²) in [4.78, 5) is 24.3. The van der Waals surface area contributed by atoms with Crippen molar-refractivity contribution < 1.29 is 19.1 Å². The number of carbonyl (C=O) groups excluding carboxylic acids is 2. The predicted molar refractivity (Wildman–Crippen MR) is 123 cm³/mol. The van der Waals surface area contributed by atoms with Gasteiger partial charge in [0.25, 0.3) is 0 Å². The first-order valence-electron chi connectivity index (χ1n) is 10.6. The average Bonchev–Trinajstić information content (AvgIpc) is 2.74. The standard InChI is InChI=1S/C27H30O4/c1-6-16-30-25(29)20-8-7-9-21(18-20)31-24(28)13-11-19-10-12-22-23(17-19)27(4,5)15-14-26(22,2)3/h6-13,17-18H,1,14-16H2,2-5H3/b13-11+. The maximum absolute atomic E-state index is 12.3. The van der Waals surface area contributed by atoms with E-state index in [9.17, 15) is 9.59 Å². The molecule has 0 fully saturated rings. The Bertz CT molecular complexity index is 1030. The molecule has 0 amide bonds. The Balaban J connectivity index is 1.73. The lowest BCUT2D eigenvalue weighted by Gasteiger charge is -2.42. The van der Waals surface area contributed by atoms with Gasteiger partial charge in [-0.2, -0.15) is 0 Å². The van der Waals surface area contributed by atoms with E-state index in [-0.39, 0.29) is 23.2 Å². The number of benzene rings is 2. The zero-order chi connectivity index (χ0) is 22.6. The summed E-state index contributed by atoms with van der Waals surface area (Å²) < 4.78 is 10.4. The highest BCUT2D eigenvalue weighted by Gasteiger charge is 2.36. The molecule has 0 saturated heterocycles. The van der Waals surface area contributed by atoms with Crippen LogP contribution in [0.25, 0.3) is 6.08 Å². The smallest absolute Gasteiger partial charge is 0.338 e. The molecule has 2 aromatic rings. The fraction of sp³-hybridized carbons (Fsp3) is 0.333. The van der Waals surface area contributed by atoms with Gasteiger partial charge in [-0.05, 0) is 64.6 Å². The van der Waals surface area contributed by atoms with Crippen LogP contribution in [-0.4, -0.2) is 18.5 Å². The Morgan fingerprint density at radius 2 is 1.71 bits per heavy atom. The predicted octanol–water partition coefficient (Wildman–Crippen LogP) is 6.00. The third kappa shape index (κ3) is 5.32. The molecule has 4 heteroatoms. The summed E-state index contributed by atoms with van der Waals surface area (Å²) in [5.41, 5.74) is 4.26. The first kappa shape index (κ1) is 22.5. The summed E-state index contributed by atoms with van der Waals surface area (Å²) in [5.74, 6) is -0.710. The van der Waals surface area contributed by atoms with E-state index in [1.165, 1.54) is 29.3 Å². The van der Waals surface area contributed by atoms with Crippen LogP contribution in [0.1, 0.15) is 67.6 Å². The number of carbonyl (C=O) groups is 2. The van der Waals surface area contributed by atoms with Crippen molar-refractivity contribution in [1.82, 2.24) is 0 Å². The van der Waals surface area contributed by atoms with Crippen molar-refractivity contribution in [3.63, 3.8) is 0 Å². The zero-order valence-electron chi connectivity index (χ0n) is 18.7. The van der Waals surface area contributed by atoms with E-state index in [4.69, 9.17) is 9.47 Å². The van der Waals surface area contributed by atoms with Gasteiger partial charge in [-0.15, -0.1) is 0 Å². The van der Waals surface area contributed by atoms with Crippen LogP contribution >= 0.6 is 0 Å². The van der Waals surface area contributed by atoms with E-state index in [1.54, 1.807) is 24.3 Å². The van der Waals surface area contributed by atoms with Gasteiger partial charge in [-0.1, -0.05) is 64.6 Å². The second kappa shape index (κ2) is 8.93. The van der Waals surface area contributed by atoms with Crippen molar-refractivity contribution in [2.75, 3.05) is 6.61 Å². The maximum atomic E-state index is 12.3. The molecule has 1 aliphatic rings. The van der Waals surface area contributed by atoms with Crippen molar-refractivity contribution in [3.05, 3.63) is 83.4 Å². The van der Waals surface area contributed by atoms with E-state index in [1.807, 2.05) is 6.07 Å². The number of rotatable bonds is 6. The van der Waals surface area contributed by atoms with Gasteiger partial charge in [-0.25, -0.2) is 9.59 Å². The molecule has 0 bridgehead atoms. The minimum absolute atomic E-state index is 0.107. The lowest BCUT2D eigenvalue weighted by Crippen LogP contribution is -2.33. The normalized spacial score (nSPS) is 16.4. The summed E-state index contributed by atoms with van der Waals surface area (Å²) in [6, 6.07) is 12.8. The third-order valence-electron chi connectivity index (χ3n) is 5.91. The minimum Gasteiger partial charge on any atom is -0.458 e. The number of ether oxygens (including phenoxy) is 2. The molecule has 1 aliphatic carbocycles. The van der Waals surface area contributed by atoms with Gasteiger partial charge in [0.05, 0.1) is 5.56 Å². The van der Waals surface area contributed by atoms with Crippen LogP contribution in [0.4, 0.5) is 0 Å². The largest absolute Gasteiger partial charge is 0.458 e. The molecule has 0 heterocycles. The monoisotopic (exact) mass is 418 g/mol. The molecule has 0 atom stereocenters. The van der Waals surface area contributed by atoms with Crippen LogP contribution in [0.5, 0.6) is 5.75 Å². The summed E-state index contributed by atoms with van der Waals surface area (Å²) in [7, 11) is 0. The molecule has 4 nitrogen and oxygen atoms in total. The molecule has 0 N–H and O–H groups in total. The number of fused-ring (bicyclic) bond motifs is 1. The van der Waals surface area contributed by atoms with Crippen LogP contribution in [0, 0.1) is 0 Å². The van der Waals surface area contributed by atoms with Gasteiger partial charge in [0.1, 0.15) is 12.4 Å². The summed E-state index contributed by atoms with van der Waals surface area (Å²) in [5, 5.41) is 0. The van der Waals surface area contributed by atoms with Crippen molar-refractivity contribution in [1.29, 1.82) is 0 Å². The second-order valence-corrected chi connectivity index (χ2v) is 9.24. The van der Waals surface area contributed by atoms with Crippen molar-refractivity contribution in [3.8, 4) is 5.75 Å². The number of esters is 2. The molecule has 2 aromatic carbocycles. The highest BCUT2D eigenvalue weighted by molar-refractivity contribution is 5.91. The molecule has 162 valence electrons. The van der Waals surface area contributed by atoms with Crippen LogP contribution in [0.3, 0.4) is 0 Å². The lowest BCUT2D eigenvalue weighted by atomic mass is 9.63. The topological polar surface area (TPSA) is 52.6 Å². The third-order valence-corrected chi connectivity index (χ3v) is 5.91. The maximum Gasteiger partial charge on any atom is 0.338 e. The quantitative estimate of drug-likeness (QED) is 0.250. The Hall–Kier alpha value is -3.14. The van der Waals surface area contributed by atoms with Crippen LogP contribution in [-0.2, 0) is 20.4 Å². The highest BCUT2D eigenvalue weighted by atomic mass is 16.5. The minimum atomic E-state index is -0.506. The fourth-order valence-corrected chi connectivity index (χ4v) is 3.93. The molecule has 0 aromatic heterocycles. The molecule has 0 saturated carbocycles. The summed E-state index contributed by atoms with van der Waals surface area (Å²) in [6.45, 7) is 12.8. The summed E-state index contributed by atoms with van der Waals surface area (Å²) >= 11 is 0. The van der Waals surface area contributed by atoms with Gasteiger partial charge < -0.3 is 9.47 Å². The van der Waals surface area contributed by atoms with Crippen LogP contribution < -0.4 is 4.74 Å². The van der Waals surface area contributed by atoms with Crippen molar-refractivity contribution in [2.45, 2.75) is 51.4 Å². The molecular weight excluding hydrogens is 388 g/mol. The van der Waals surface area contributed by atoms with Gasteiger partial charge in [-0.3, -0.25) is 0 Å². The Labute approximate surface area is 184 Å². The highest BCUT2D eigenvalue weighted by Crippen LogP contribution is 2.45. The van der Waals surface area contributed by atoms with E-state index < -0.39 is 11.9 Å². The van der Waals surface area contributed by atoms with Crippen LogP contribution in [0.15, 0.2) is 61.2 Å². The van der Waals surface area contributed by atoms with Crippen molar-refractivity contribution in [2.24, 2.45) is 0 Å². The fourth-order valence-electron chi connectivity index (χ4n) is 3.93. The summed E-state index contributed by atoms with van der Waals surface area (Å²) in [6.07, 6.45) is 6.96. The molecule has 31 heavy (non-hydrogen) atoms. The number of hydrogen-bond acceptors (Lipinski definition) is 4. The second-order valence-electron chi connectivity index (χ2n) is 9.24. The van der Waals surface area contributed by atoms with E-state index >= 15 is 0 Å². The molecule has 0 spiro atoms. The van der Waals surface area contributed by atoms with Crippen LogP contribution in [0.2, 0.25) is 0 Å². The van der Waals surface area contributed by atoms with Gasteiger partial charge >= 0.3 is 11.9 Å². The number of hydrogen-bond donors (Lipinski definition) is 0. The van der Waals surface area contributed by atoms with Gasteiger partial charge in [0.15, 0.2) is 0 Å². The lowest BCUT2D eigenvalue weighted by molar-refractivity contribution is -0.128. The molecule has 3 rings (SSSR count). The first-order valence-corrected chi connectivity index (χ1v) is 10.6. The first-order chi connectivity index (χ1) is 14.6. The Kier molecular flexibility index (Phi) is 6.49. The van der Waals surface area contributed by atoms with E-state index in [2.05, 4.69) is 46.4 Å². The SMILES string of the molecule is C=CCOC(=O)c1cccc(OC(=O)/C=C/c2ccc3c(c2)C(C)(C)CCC3(C)C)c1. The van der Waals surface area contributed by atoms with Gasteiger partial charge in [0, 0.05) is 6.08 Å². The van der Waals surface area contributed by atoms with E-state index in [0.29, 0.717) is 5.56 Å². The molecule has 0 aliphatic heterocycles. The molecular formula is C27H30O4. The zero-order valence-corrected chi connectivity index (χ0v) is 18.7. The van der Waals surface area contributed by atoms with Crippen molar-refractivity contribution >= 4 is 18.0 Å². The molecule has 0 unspecified atom stereocenters. The van der Waals surface area contributed by atoms with E-state index in [0.717, 1.165) is 18.4 Å². The Morgan fingerprint density at radius 1 is 1.00 bits per heavy atom. The average molecular weight is 419 g/mol. The Morgan fingerprint density at radius 3 is 2.42 bits per heavy atom. The molecule has 0 radical (unpaired) electrons. The van der Waals surface area contributed by atoms with Gasteiger partial charge in [0.2, 0.25) is 0 Å².